The van der Waals surface area contributed by atoms with Crippen LogP contribution >= 0.6 is 0 Å². The highest BCUT2D eigenvalue weighted by atomic mass is 16.2. The largest absolute Gasteiger partial charge is 0.341 e. The lowest BCUT2D eigenvalue weighted by Crippen LogP contribution is -2.57. The summed E-state index contributed by atoms with van der Waals surface area (Å²) in [5, 5.41) is 3.39. The van der Waals surface area contributed by atoms with Crippen molar-refractivity contribution in [3.63, 3.8) is 0 Å². The maximum Gasteiger partial charge on any atom is 0.240 e. The predicted molar refractivity (Wildman–Crippen MR) is 71.9 cm³/mol. The fourth-order valence-electron chi connectivity index (χ4n) is 2.48. The van der Waals surface area contributed by atoms with E-state index in [2.05, 4.69) is 39.9 Å². The van der Waals surface area contributed by atoms with Crippen LogP contribution in [0.4, 0.5) is 0 Å². The molecule has 1 heterocycles. The molecule has 0 radical (unpaired) electrons. The van der Waals surface area contributed by atoms with Gasteiger partial charge in [-0.3, -0.25) is 4.79 Å². The highest BCUT2D eigenvalue weighted by molar-refractivity contribution is 5.83. The lowest BCUT2D eigenvalue weighted by Gasteiger charge is -2.41. The summed E-state index contributed by atoms with van der Waals surface area (Å²) in [6, 6.07) is 0.268. The van der Waals surface area contributed by atoms with Crippen LogP contribution < -0.4 is 5.32 Å². The van der Waals surface area contributed by atoms with Crippen LogP contribution in [0.5, 0.6) is 0 Å². The van der Waals surface area contributed by atoms with Gasteiger partial charge < -0.3 is 10.2 Å². The van der Waals surface area contributed by atoms with Crippen molar-refractivity contribution in [3.05, 3.63) is 0 Å². The third-order valence-electron chi connectivity index (χ3n) is 4.30. The second-order valence-electron chi connectivity index (χ2n) is 6.41. The summed E-state index contributed by atoms with van der Waals surface area (Å²) in [6.45, 7) is 11.8. The van der Waals surface area contributed by atoms with Crippen molar-refractivity contribution in [1.29, 1.82) is 0 Å². The quantitative estimate of drug-likeness (QED) is 0.821. The Kier molecular flexibility index (Phi) is 4.59. The van der Waals surface area contributed by atoms with Crippen molar-refractivity contribution in [1.82, 2.24) is 10.2 Å². The molecule has 0 bridgehead atoms. The van der Waals surface area contributed by atoms with Gasteiger partial charge >= 0.3 is 0 Å². The van der Waals surface area contributed by atoms with Gasteiger partial charge in [0.05, 0.1) is 6.04 Å². The van der Waals surface area contributed by atoms with Crippen LogP contribution in [0.15, 0.2) is 0 Å². The molecule has 1 amide bonds. The summed E-state index contributed by atoms with van der Waals surface area (Å²) in [4.78, 5) is 14.4. The van der Waals surface area contributed by atoms with Crippen LogP contribution in [0, 0.1) is 11.3 Å². The zero-order chi connectivity index (χ0) is 13.2. The lowest BCUT2D eigenvalue weighted by molar-refractivity contribution is -0.138. The Bertz CT molecular complexity index is 273. The predicted octanol–water partition coefficient (Wildman–Crippen LogP) is 2.27. The Hall–Kier alpha value is -0.570. The van der Waals surface area contributed by atoms with E-state index in [9.17, 15) is 4.79 Å². The second kappa shape index (κ2) is 5.38. The molecule has 3 heteroatoms. The smallest absolute Gasteiger partial charge is 0.240 e. The van der Waals surface area contributed by atoms with Gasteiger partial charge in [0.2, 0.25) is 5.91 Å². The highest BCUT2D eigenvalue weighted by Crippen LogP contribution is 2.31. The molecule has 17 heavy (non-hydrogen) atoms. The molecule has 0 aromatic rings. The maximum absolute atomic E-state index is 12.5. The highest BCUT2D eigenvalue weighted by Gasteiger charge is 2.39. The van der Waals surface area contributed by atoms with Crippen molar-refractivity contribution in [2.24, 2.45) is 11.3 Å². The van der Waals surface area contributed by atoms with Gasteiger partial charge in [-0.2, -0.15) is 0 Å². The van der Waals surface area contributed by atoms with Crippen molar-refractivity contribution < 1.29 is 4.79 Å². The lowest BCUT2D eigenvalue weighted by atomic mass is 9.77. The average molecular weight is 240 g/mol. The third kappa shape index (κ3) is 3.21. The number of nitrogens with one attached hydrogen (secondary N) is 1. The summed E-state index contributed by atoms with van der Waals surface area (Å²) >= 11 is 0. The summed E-state index contributed by atoms with van der Waals surface area (Å²) in [6.07, 6.45) is 2.29. The number of hydrogen-bond donors (Lipinski definition) is 1. The summed E-state index contributed by atoms with van der Waals surface area (Å²) in [7, 11) is 1.93. The van der Waals surface area contributed by atoms with Crippen LogP contribution in [0.2, 0.25) is 0 Å². The van der Waals surface area contributed by atoms with Crippen LogP contribution in [0.3, 0.4) is 0 Å². The minimum absolute atomic E-state index is 0.0255. The first kappa shape index (κ1) is 14.5. The Morgan fingerprint density at radius 3 is 2.41 bits per heavy atom. The molecular formula is C14H28N2O. The number of carbonyl (C=O) groups excluding carboxylic acids is 1. The van der Waals surface area contributed by atoms with Gasteiger partial charge in [-0.15, -0.1) is 0 Å². The molecular weight excluding hydrogens is 212 g/mol. The van der Waals surface area contributed by atoms with E-state index in [1.165, 1.54) is 6.42 Å². The molecule has 1 rings (SSSR count). The summed E-state index contributed by atoms with van der Waals surface area (Å²) in [5.74, 6) is 0.742. The van der Waals surface area contributed by atoms with E-state index in [0.717, 1.165) is 13.0 Å². The van der Waals surface area contributed by atoms with Crippen molar-refractivity contribution in [2.45, 2.75) is 59.5 Å². The first-order valence-electron chi connectivity index (χ1n) is 6.77. The summed E-state index contributed by atoms with van der Waals surface area (Å²) < 4.78 is 0. The van der Waals surface area contributed by atoms with E-state index in [1.807, 2.05) is 11.9 Å². The molecule has 2 atom stereocenters. The Labute approximate surface area is 106 Å². The number of carbonyl (C=O) groups is 1. The zero-order valence-electron chi connectivity index (χ0n) is 12.2. The fourth-order valence-corrected chi connectivity index (χ4v) is 2.48. The molecule has 1 saturated heterocycles. The van der Waals surface area contributed by atoms with Crippen LogP contribution in [0.1, 0.15) is 47.5 Å². The van der Waals surface area contributed by atoms with E-state index in [-0.39, 0.29) is 17.4 Å². The maximum atomic E-state index is 12.5. The number of piperidine rings is 1. The minimum atomic E-state index is -0.0255. The normalized spacial score (nSPS) is 25.7. The van der Waals surface area contributed by atoms with Gasteiger partial charge in [-0.05, 0) is 37.6 Å². The van der Waals surface area contributed by atoms with E-state index in [0.29, 0.717) is 12.0 Å². The molecule has 1 N–H and O–H groups in total. The molecule has 100 valence electrons. The monoisotopic (exact) mass is 240 g/mol. The third-order valence-corrected chi connectivity index (χ3v) is 4.30. The van der Waals surface area contributed by atoms with Gasteiger partial charge in [-0.25, -0.2) is 0 Å². The first-order chi connectivity index (χ1) is 7.77. The second-order valence-corrected chi connectivity index (χ2v) is 6.41. The van der Waals surface area contributed by atoms with E-state index in [1.54, 1.807) is 0 Å². The molecule has 0 spiro atoms. The van der Waals surface area contributed by atoms with Gasteiger partial charge in [0.15, 0.2) is 0 Å². The van der Waals surface area contributed by atoms with Crippen LogP contribution in [-0.4, -0.2) is 36.5 Å². The number of amides is 1. The van der Waals surface area contributed by atoms with Crippen LogP contribution in [-0.2, 0) is 4.79 Å². The topological polar surface area (TPSA) is 32.3 Å². The van der Waals surface area contributed by atoms with E-state index < -0.39 is 0 Å². The van der Waals surface area contributed by atoms with Gasteiger partial charge in [0.1, 0.15) is 0 Å². The SMILES string of the molecule is CC(C)C(C)N(C)C(=O)C1NCCCC1(C)C. The molecule has 0 saturated carbocycles. The zero-order valence-corrected chi connectivity index (χ0v) is 12.2. The number of likely N-dealkylation sites (N-methyl/N-ethyl adjacent to an activating group) is 1. The van der Waals surface area contributed by atoms with Gasteiger partial charge in [0, 0.05) is 13.1 Å². The number of nitrogens with zero attached hydrogens (tertiary/aromatic N) is 1. The standard InChI is InChI=1S/C14H28N2O/c1-10(2)11(3)16(6)13(17)12-14(4,5)8-7-9-15-12/h10-12,15H,7-9H2,1-6H3. The Balaban J connectivity index is 2.74. The van der Waals surface area contributed by atoms with Crippen molar-refractivity contribution in [3.8, 4) is 0 Å². The Morgan fingerprint density at radius 2 is 1.94 bits per heavy atom. The van der Waals surface area contributed by atoms with E-state index >= 15 is 0 Å². The molecule has 0 aliphatic carbocycles. The number of hydrogen-bond acceptors (Lipinski definition) is 2. The van der Waals surface area contributed by atoms with Crippen molar-refractivity contribution in [2.75, 3.05) is 13.6 Å². The molecule has 1 fully saturated rings. The average Bonchev–Trinajstić information content (AvgIpc) is 2.25. The Morgan fingerprint density at radius 1 is 1.35 bits per heavy atom. The fraction of sp³-hybridized carbons (Fsp3) is 0.929. The van der Waals surface area contributed by atoms with Gasteiger partial charge in [0.25, 0.3) is 0 Å². The molecule has 0 aromatic heterocycles. The van der Waals surface area contributed by atoms with Crippen molar-refractivity contribution >= 4 is 5.91 Å². The minimum Gasteiger partial charge on any atom is -0.341 e. The molecule has 3 nitrogen and oxygen atoms in total. The molecule has 0 aromatic carbocycles. The summed E-state index contributed by atoms with van der Waals surface area (Å²) in [5.41, 5.74) is 0.0697. The molecule has 1 aliphatic heterocycles. The van der Waals surface area contributed by atoms with Gasteiger partial charge in [-0.1, -0.05) is 27.7 Å². The first-order valence-corrected chi connectivity index (χ1v) is 6.77. The van der Waals surface area contributed by atoms with Crippen LogP contribution in [0.25, 0.3) is 0 Å². The molecule has 1 aliphatic rings. The number of rotatable bonds is 3. The molecule has 2 unspecified atom stereocenters. The van der Waals surface area contributed by atoms with E-state index in [4.69, 9.17) is 0 Å².